The minimum absolute atomic E-state index is 0.287. The van der Waals surface area contributed by atoms with Gasteiger partial charge in [0, 0.05) is 10.9 Å². The van der Waals surface area contributed by atoms with E-state index < -0.39 is 0 Å². The van der Waals surface area contributed by atoms with Crippen LogP contribution in [0.15, 0.2) is 66.7 Å². The monoisotopic (exact) mass is 420 g/mol. The zero-order chi connectivity index (χ0) is 20.5. The summed E-state index contributed by atoms with van der Waals surface area (Å²) >= 11 is 12.5. The number of hydrogen-bond acceptors (Lipinski definition) is 2. The van der Waals surface area contributed by atoms with Gasteiger partial charge in [-0.2, -0.15) is 0 Å². The van der Waals surface area contributed by atoms with E-state index in [1.54, 1.807) is 18.2 Å². The number of carbonyl (C=O) groups is 1. The highest BCUT2D eigenvalue weighted by Crippen LogP contribution is 2.32. The van der Waals surface area contributed by atoms with Gasteiger partial charge in [-0.15, -0.1) is 0 Å². The lowest BCUT2D eigenvalue weighted by Gasteiger charge is -2.13. The number of anilines is 1. The zero-order valence-corrected chi connectivity index (χ0v) is 17.5. The quantitative estimate of drug-likeness (QED) is 0.384. The Kier molecular flexibility index (Phi) is 5.27. The molecule has 1 N–H and O–H groups in total. The lowest BCUT2D eigenvalue weighted by molar-refractivity contribution is 0.102. The molecule has 0 saturated heterocycles. The van der Waals surface area contributed by atoms with Gasteiger partial charge >= 0.3 is 0 Å². The summed E-state index contributed by atoms with van der Waals surface area (Å²) in [5, 5.41) is 4.40. The zero-order valence-electron chi connectivity index (χ0n) is 16.0. The van der Waals surface area contributed by atoms with Crippen LogP contribution in [0, 0.1) is 13.8 Å². The third-order valence-corrected chi connectivity index (χ3v) is 5.45. The van der Waals surface area contributed by atoms with Crippen molar-refractivity contribution in [1.82, 2.24) is 4.98 Å². The van der Waals surface area contributed by atoms with Crippen LogP contribution < -0.4 is 5.32 Å². The minimum atomic E-state index is -0.287. The molecule has 0 fully saturated rings. The minimum Gasteiger partial charge on any atom is -0.319 e. The van der Waals surface area contributed by atoms with Crippen molar-refractivity contribution >= 4 is 45.7 Å². The molecular weight excluding hydrogens is 403 g/mol. The van der Waals surface area contributed by atoms with Crippen LogP contribution in [-0.4, -0.2) is 10.9 Å². The van der Waals surface area contributed by atoms with Crippen molar-refractivity contribution in [2.75, 3.05) is 5.32 Å². The number of aryl methyl sites for hydroxylation is 2. The fourth-order valence-electron chi connectivity index (χ4n) is 3.40. The summed E-state index contributed by atoms with van der Waals surface area (Å²) in [4.78, 5) is 18.0. The average molecular weight is 421 g/mol. The fourth-order valence-corrected chi connectivity index (χ4v) is 3.89. The van der Waals surface area contributed by atoms with Crippen LogP contribution >= 0.6 is 23.2 Å². The third-order valence-electron chi connectivity index (χ3n) is 4.82. The molecule has 3 aromatic carbocycles. The van der Waals surface area contributed by atoms with E-state index in [1.165, 1.54) is 5.56 Å². The van der Waals surface area contributed by atoms with Gasteiger partial charge in [-0.1, -0.05) is 71.2 Å². The summed E-state index contributed by atoms with van der Waals surface area (Å²) in [5.41, 5.74) is 5.69. The maximum Gasteiger partial charge on any atom is 0.256 e. The van der Waals surface area contributed by atoms with Crippen molar-refractivity contribution in [1.29, 1.82) is 0 Å². The van der Waals surface area contributed by atoms with Crippen molar-refractivity contribution in [2.45, 2.75) is 13.8 Å². The normalized spacial score (nSPS) is 10.9. The Bertz CT molecular complexity index is 1230. The van der Waals surface area contributed by atoms with E-state index in [9.17, 15) is 4.79 Å². The summed E-state index contributed by atoms with van der Waals surface area (Å²) in [6.07, 6.45) is 0. The highest BCUT2D eigenvalue weighted by Gasteiger charge is 2.17. The predicted octanol–water partition coefficient (Wildman–Crippen LogP) is 7.08. The number of carbonyl (C=O) groups excluding carboxylic acids is 1. The Balaban J connectivity index is 1.86. The second-order valence-electron chi connectivity index (χ2n) is 6.94. The highest BCUT2D eigenvalue weighted by atomic mass is 35.5. The van der Waals surface area contributed by atoms with E-state index in [0.29, 0.717) is 21.3 Å². The molecule has 0 saturated carbocycles. The Labute approximate surface area is 179 Å². The van der Waals surface area contributed by atoms with Crippen molar-refractivity contribution in [2.24, 2.45) is 0 Å². The SMILES string of the molecule is Cc1ccc(-c2cc(C(=O)Nc3c(Cl)cccc3Cl)c3ccccc3n2)c(C)c1. The van der Waals surface area contributed by atoms with Crippen molar-refractivity contribution in [3.63, 3.8) is 0 Å². The van der Waals surface area contributed by atoms with Crippen LogP contribution in [0.4, 0.5) is 5.69 Å². The second-order valence-corrected chi connectivity index (χ2v) is 7.76. The lowest BCUT2D eigenvalue weighted by Crippen LogP contribution is -2.14. The molecule has 4 aromatic rings. The number of rotatable bonds is 3. The van der Waals surface area contributed by atoms with Crippen LogP contribution in [0.2, 0.25) is 10.0 Å². The maximum atomic E-state index is 13.2. The van der Waals surface area contributed by atoms with Crippen LogP contribution in [0.5, 0.6) is 0 Å². The van der Waals surface area contributed by atoms with Gasteiger partial charge in [0.25, 0.3) is 5.91 Å². The van der Waals surface area contributed by atoms with Gasteiger partial charge in [-0.25, -0.2) is 4.98 Å². The lowest BCUT2D eigenvalue weighted by atomic mass is 9.99. The first kappa shape index (κ1) is 19.4. The molecule has 0 aliphatic rings. The molecule has 0 aliphatic heterocycles. The average Bonchev–Trinajstić information content (AvgIpc) is 2.70. The number of pyridine rings is 1. The van der Waals surface area contributed by atoms with Crippen LogP contribution in [0.25, 0.3) is 22.2 Å². The molecule has 3 nitrogen and oxygen atoms in total. The first-order valence-electron chi connectivity index (χ1n) is 9.17. The Morgan fingerprint density at radius 1 is 0.897 bits per heavy atom. The molecule has 0 atom stereocenters. The Morgan fingerprint density at radius 3 is 2.34 bits per heavy atom. The number of nitrogens with one attached hydrogen (secondary N) is 1. The number of para-hydroxylation sites is 2. The van der Waals surface area contributed by atoms with Gasteiger partial charge in [0.15, 0.2) is 0 Å². The molecule has 4 rings (SSSR count). The van der Waals surface area contributed by atoms with Gasteiger partial charge < -0.3 is 5.32 Å². The molecule has 1 aromatic heterocycles. The van der Waals surface area contributed by atoms with Gasteiger partial charge in [-0.05, 0) is 43.7 Å². The third kappa shape index (κ3) is 3.84. The predicted molar refractivity (Wildman–Crippen MR) is 121 cm³/mol. The number of halogens is 2. The second kappa shape index (κ2) is 7.86. The topological polar surface area (TPSA) is 42.0 Å². The molecule has 0 spiro atoms. The van der Waals surface area contributed by atoms with Gasteiger partial charge in [0.2, 0.25) is 0 Å². The number of nitrogens with zero attached hydrogens (tertiary/aromatic N) is 1. The highest BCUT2D eigenvalue weighted by molar-refractivity contribution is 6.40. The van der Waals surface area contributed by atoms with Crippen LogP contribution in [0.1, 0.15) is 21.5 Å². The largest absolute Gasteiger partial charge is 0.319 e. The van der Waals surface area contributed by atoms with Crippen molar-refractivity contribution in [3.8, 4) is 11.3 Å². The summed E-state index contributed by atoms with van der Waals surface area (Å²) in [6.45, 7) is 4.10. The maximum absolute atomic E-state index is 13.2. The number of aromatic nitrogens is 1. The molecule has 0 aliphatic carbocycles. The van der Waals surface area contributed by atoms with E-state index in [1.807, 2.05) is 49.4 Å². The van der Waals surface area contributed by atoms with E-state index in [0.717, 1.165) is 27.7 Å². The Hall–Kier alpha value is -2.88. The summed E-state index contributed by atoms with van der Waals surface area (Å²) < 4.78 is 0. The Morgan fingerprint density at radius 2 is 1.62 bits per heavy atom. The molecule has 1 heterocycles. The van der Waals surface area contributed by atoms with E-state index in [-0.39, 0.29) is 5.91 Å². The summed E-state index contributed by atoms with van der Waals surface area (Å²) in [5.74, 6) is -0.287. The van der Waals surface area contributed by atoms with Crippen molar-refractivity contribution < 1.29 is 4.79 Å². The standard InChI is InChI=1S/C24H18Cl2N2O/c1-14-10-11-16(15(2)12-14)22-13-18(17-6-3-4-9-21(17)27-22)24(29)28-23-19(25)7-5-8-20(23)26/h3-13H,1-2H3,(H,28,29). The molecule has 0 radical (unpaired) electrons. The molecular formula is C24H18Cl2N2O. The van der Waals surface area contributed by atoms with Crippen molar-refractivity contribution in [3.05, 3.63) is 93.5 Å². The molecule has 5 heteroatoms. The summed E-state index contributed by atoms with van der Waals surface area (Å²) in [6, 6.07) is 20.7. The van der Waals surface area contributed by atoms with Crippen LogP contribution in [-0.2, 0) is 0 Å². The number of benzene rings is 3. The smallest absolute Gasteiger partial charge is 0.256 e. The first-order chi connectivity index (χ1) is 13.9. The molecule has 1 amide bonds. The number of fused-ring (bicyclic) bond motifs is 1. The summed E-state index contributed by atoms with van der Waals surface area (Å²) in [7, 11) is 0. The molecule has 29 heavy (non-hydrogen) atoms. The number of hydrogen-bond donors (Lipinski definition) is 1. The van der Waals surface area contributed by atoms with E-state index in [4.69, 9.17) is 28.2 Å². The van der Waals surface area contributed by atoms with Gasteiger partial charge in [0.1, 0.15) is 0 Å². The molecule has 0 unspecified atom stereocenters. The fraction of sp³-hybridized carbons (Fsp3) is 0.0833. The molecule has 0 bridgehead atoms. The van der Waals surface area contributed by atoms with Crippen LogP contribution in [0.3, 0.4) is 0 Å². The first-order valence-corrected chi connectivity index (χ1v) is 9.92. The van der Waals surface area contributed by atoms with Gasteiger partial charge in [0.05, 0.1) is 32.5 Å². The van der Waals surface area contributed by atoms with Gasteiger partial charge in [-0.3, -0.25) is 4.79 Å². The molecule has 144 valence electrons. The number of amides is 1. The van der Waals surface area contributed by atoms with E-state index >= 15 is 0 Å². The van der Waals surface area contributed by atoms with E-state index in [2.05, 4.69) is 18.3 Å².